The number of hydroxylamine groups is 2. The molecule has 30 heavy (non-hydrogen) atoms. The highest BCUT2D eigenvalue weighted by Crippen LogP contribution is 2.37. The summed E-state index contributed by atoms with van der Waals surface area (Å²) in [5.74, 6) is 0.294. The standard InChI is InChI=1S/C17H20N6O7/c18-15-12-16(21(7-19-12)17-14(26)13(25)11(5-24)30-17)20-8-22(15)29-6-9-3-1-2-4-10(9)23(27)28/h1-4,7-8,11,13-15,17,24-26H,5-6,18H2/t11-,13?,14?,15?,17-/m1/s1. The molecule has 4 rings (SSSR count). The van der Waals surface area contributed by atoms with E-state index in [4.69, 9.17) is 15.3 Å². The SMILES string of the molecule is NC1c2ncn([C@@H]3O[C@H](CO)C(O)C3O)c2N=CN1OCc1ccccc1[N+](=O)[O-]. The molecule has 5 N–H and O–H groups in total. The van der Waals surface area contributed by atoms with E-state index in [1.54, 1.807) is 18.2 Å². The van der Waals surface area contributed by atoms with Crippen molar-refractivity contribution in [1.82, 2.24) is 14.6 Å². The van der Waals surface area contributed by atoms with Crippen LogP contribution in [0.5, 0.6) is 0 Å². The normalized spacial score (nSPS) is 28.0. The number of hydrogen-bond donors (Lipinski definition) is 4. The van der Waals surface area contributed by atoms with Gasteiger partial charge in [0.25, 0.3) is 5.69 Å². The van der Waals surface area contributed by atoms with Crippen LogP contribution in [0.4, 0.5) is 11.5 Å². The molecule has 1 aromatic carbocycles. The Morgan fingerprint density at radius 1 is 1.30 bits per heavy atom. The van der Waals surface area contributed by atoms with E-state index < -0.39 is 42.2 Å². The van der Waals surface area contributed by atoms with Crippen molar-refractivity contribution in [3.63, 3.8) is 0 Å². The van der Waals surface area contributed by atoms with Gasteiger partial charge in [-0.3, -0.25) is 19.5 Å². The molecule has 13 nitrogen and oxygen atoms in total. The molecule has 0 spiro atoms. The van der Waals surface area contributed by atoms with E-state index in [1.165, 1.54) is 28.4 Å². The topological polar surface area (TPSA) is 182 Å². The summed E-state index contributed by atoms with van der Waals surface area (Å²) < 4.78 is 6.91. The fourth-order valence-corrected chi connectivity index (χ4v) is 3.38. The molecule has 5 atom stereocenters. The van der Waals surface area contributed by atoms with Crippen LogP contribution < -0.4 is 5.73 Å². The molecule has 2 aliphatic heterocycles. The van der Waals surface area contributed by atoms with E-state index in [0.29, 0.717) is 17.1 Å². The molecule has 2 aromatic rings. The number of benzene rings is 1. The number of nitrogens with two attached hydrogens (primary N) is 1. The van der Waals surface area contributed by atoms with Gasteiger partial charge >= 0.3 is 0 Å². The monoisotopic (exact) mass is 420 g/mol. The van der Waals surface area contributed by atoms with Crippen molar-refractivity contribution in [2.75, 3.05) is 6.61 Å². The number of rotatable bonds is 6. The maximum absolute atomic E-state index is 11.1. The Bertz CT molecular complexity index is 966. The number of nitrogens with zero attached hydrogens (tertiary/aromatic N) is 5. The number of nitro benzene ring substituents is 1. The van der Waals surface area contributed by atoms with Crippen molar-refractivity contribution in [3.05, 3.63) is 52.0 Å². The van der Waals surface area contributed by atoms with Gasteiger partial charge in [-0.05, 0) is 6.07 Å². The minimum Gasteiger partial charge on any atom is -0.394 e. The van der Waals surface area contributed by atoms with Gasteiger partial charge < -0.3 is 25.8 Å². The van der Waals surface area contributed by atoms with E-state index in [2.05, 4.69) is 9.98 Å². The number of nitro groups is 1. The van der Waals surface area contributed by atoms with Crippen LogP contribution in [0.25, 0.3) is 0 Å². The number of aromatic nitrogens is 2. The van der Waals surface area contributed by atoms with Crippen molar-refractivity contribution < 1.29 is 29.8 Å². The summed E-state index contributed by atoms with van der Waals surface area (Å²) in [5, 5.41) is 41.8. The van der Waals surface area contributed by atoms with Crippen LogP contribution in [0, 0.1) is 10.1 Å². The molecular weight excluding hydrogens is 400 g/mol. The highest BCUT2D eigenvalue weighted by Gasteiger charge is 2.44. The number of aliphatic hydroxyl groups is 3. The number of ether oxygens (including phenoxy) is 1. The van der Waals surface area contributed by atoms with Crippen molar-refractivity contribution in [3.8, 4) is 0 Å². The van der Waals surface area contributed by atoms with Gasteiger partial charge in [-0.2, -0.15) is 0 Å². The zero-order valence-electron chi connectivity index (χ0n) is 15.6. The second-order valence-corrected chi connectivity index (χ2v) is 6.80. The molecular formula is C17H20N6O7. The molecule has 1 aromatic heterocycles. The first-order valence-corrected chi connectivity index (χ1v) is 9.05. The van der Waals surface area contributed by atoms with Gasteiger partial charge in [0.15, 0.2) is 18.2 Å². The van der Waals surface area contributed by atoms with Crippen molar-refractivity contribution >= 4 is 17.8 Å². The Hall–Kier alpha value is -2.94. The third kappa shape index (κ3) is 3.43. The number of aliphatic imine (C=N–C) groups is 1. The van der Waals surface area contributed by atoms with Crippen LogP contribution in [-0.4, -0.2) is 66.1 Å². The number of imidazole rings is 1. The maximum atomic E-state index is 11.1. The highest BCUT2D eigenvalue weighted by atomic mass is 16.7. The Kier molecular flexibility index (Phi) is 5.46. The van der Waals surface area contributed by atoms with Crippen LogP contribution in [0.3, 0.4) is 0 Å². The van der Waals surface area contributed by atoms with Crippen LogP contribution in [0.2, 0.25) is 0 Å². The van der Waals surface area contributed by atoms with Crippen LogP contribution in [0.15, 0.2) is 35.6 Å². The summed E-state index contributed by atoms with van der Waals surface area (Å²) in [6.45, 7) is -0.566. The fraction of sp³-hybridized carbons (Fsp3) is 0.412. The molecule has 2 aliphatic rings. The van der Waals surface area contributed by atoms with Crippen LogP contribution in [-0.2, 0) is 16.2 Å². The molecule has 0 saturated carbocycles. The van der Waals surface area contributed by atoms with E-state index in [9.17, 15) is 25.4 Å². The fourth-order valence-electron chi connectivity index (χ4n) is 3.38. The van der Waals surface area contributed by atoms with Gasteiger partial charge in [0.1, 0.15) is 37.0 Å². The Morgan fingerprint density at radius 3 is 2.77 bits per heavy atom. The average molecular weight is 420 g/mol. The molecule has 1 fully saturated rings. The molecule has 0 amide bonds. The first kappa shape index (κ1) is 20.3. The smallest absolute Gasteiger partial charge is 0.275 e. The number of hydrogen-bond acceptors (Lipinski definition) is 11. The summed E-state index contributed by atoms with van der Waals surface area (Å²) in [7, 11) is 0. The lowest BCUT2D eigenvalue weighted by atomic mass is 10.1. The van der Waals surface area contributed by atoms with E-state index in [1.807, 2.05) is 0 Å². The first-order valence-electron chi connectivity index (χ1n) is 9.05. The van der Waals surface area contributed by atoms with Gasteiger partial charge in [0.2, 0.25) is 0 Å². The maximum Gasteiger partial charge on any atom is 0.275 e. The lowest BCUT2D eigenvalue weighted by molar-refractivity contribution is -0.386. The van der Waals surface area contributed by atoms with Crippen molar-refractivity contribution in [2.24, 2.45) is 10.7 Å². The molecule has 160 valence electrons. The summed E-state index contributed by atoms with van der Waals surface area (Å²) in [5.41, 5.74) is 6.80. The molecule has 0 radical (unpaired) electrons. The lowest BCUT2D eigenvalue weighted by Crippen LogP contribution is -2.36. The zero-order chi connectivity index (χ0) is 21.4. The third-order valence-electron chi connectivity index (χ3n) is 4.99. The van der Waals surface area contributed by atoms with Crippen LogP contribution >= 0.6 is 0 Å². The third-order valence-corrected chi connectivity index (χ3v) is 4.99. The number of aliphatic hydroxyl groups excluding tert-OH is 3. The predicted octanol–water partition coefficient (Wildman–Crippen LogP) is -0.533. The summed E-state index contributed by atoms with van der Waals surface area (Å²) in [4.78, 5) is 24.7. The summed E-state index contributed by atoms with van der Waals surface area (Å²) in [6.07, 6.45) is -2.73. The van der Waals surface area contributed by atoms with Gasteiger partial charge in [0, 0.05) is 6.07 Å². The Labute approximate surface area is 169 Å². The van der Waals surface area contributed by atoms with Gasteiger partial charge in [-0.1, -0.05) is 12.1 Å². The van der Waals surface area contributed by atoms with Crippen molar-refractivity contribution in [1.29, 1.82) is 0 Å². The second-order valence-electron chi connectivity index (χ2n) is 6.80. The molecule has 0 aliphatic carbocycles. The first-order chi connectivity index (χ1) is 14.4. The zero-order valence-corrected chi connectivity index (χ0v) is 15.6. The molecule has 0 bridgehead atoms. The largest absolute Gasteiger partial charge is 0.394 e. The van der Waals surface area contributed by atoms with Gasteiger partial charge in [0.05, 0.1) is 23.4 Å². The van der Waals surface area contributed by atoms with Gasteiger partial charge in [-0.25, -0.2) is 15.0 Å². The predicted molar refractivity (Wildman–Crippen MR) is 100 cm³/mol. The van der Waals surface area contributed by atoms with Crippen LogP contribution in [0.1, 0.15) is 23.7 Å². The second kappa shape index (κ2) is 8.06. The Morgan fingerprint density at radius 2 is 2.07 bits per heavy atom. The summed E-state index contributed by atoms with van der Waals surface area (Å²) in [6, 6.07) is 6.18. The average Bonchev–Trinajstić information content (AvgIpc) is 3.29. The molecule has 3 heterocycles. The summed E-state index contributed by atoms with van der Waals surface area (Å²) >= 11 is 0. The minimum absolute atomic E-state index is 0.0747. The number of fused-ring (bicyclic) bond motifs is 1. The van der Waals surface area contributed by atoms with E-state index >= 15 is 0 Å². The number of para-hydroxylation sites is 1. The molecule has 1 saturated heterocycles. The quantitative estimate of drug-likeness (QED) is 0.350. The van der Waals surface area contributed by atoms with Gasteiger partial charge in [-0.15, -0.1) is 0 Å². The minimum atomic E-state index is -1.29. The van der Waals surface area contributed by atoms with Crippen molar-refractivity contribution in [2.45, 2.75) is 37.3 Å². The lowest BCUT2D eigenvalue weighted by Gasteiger charge is -2.28. The molecule has 13 heteroatoms. The van der Waals surface area contributed by atoms with E-state index in [0.717, 1.165) is 0 Å². The molecule has 3 unspecified atom stereocenters. The Balaban J connectivity index is 1.51. The van der Waals surface area contributed by atoms with E-state index in [-0.39, 0.29) is 12.3 Å². The highest BCUT2D eigenvalue weighted by molar-refractivity contribution is 5.64.